The maximum Gasteiger partial charge on any atom is 0.326 e. The molecule has 0 aliphatic heterocycles. The van der Waals surface area contributed by atoms with Crippen LogP contribution in [-0.2, 0) is 32.0 Å². The number of aromatic hydroxyl groups is 2. The Bertz CT molecular complexity index is 1180. The van der Waals surface area contributed by atoms with E-state index in [9.17, 15) is 34.5 Å². The minimum absolute atomic E-state index is 0.00629. The summed E-state index contributed by atoms with van der Waals surface area (Å²) in [7, 11) is 0. The number of hydrogen-bond donors (Lipinski definition) is 9. The third-order valence-electron chi connectivity index (χ3n) is 5.78. The fourth-order valence-electron chi connectivity index (χ4n) is 3.72. The number of carbonyl (C=O) groups excluding carboxylic acids is 3. The molecule has 12 N–H and O–H groups in total. The van der Waals surface area contributed by atoms with Gasteiger partial charge in [0.05, 0.1) is 6.54 Å². The minimum Gasteiger partial charge on any atom is -0.508 e. The number of nitrogens with two attached hydrogens (primary N) is 3. The van der Waals surface area contributed by atoms with Gasteiger partial charge in [0.1, 0.15) is 29.6 Å². The van der Waals surface area contributed by atoms with Crippen molar-refractivity contribution in [1.82, 2.24) is 16.0 Å². The molecule has 2 rings (SSSR count). The van der Waals surface area contributed by atoms with Gasteiger partial charge < -0.3 is 48.5 Å². The average Bonchev–Trinajstić information content (AvgIpc) is 2.91. The van der Waals surface area contributed by atoms with Crippen LogP contribution in [0.25, 0.3) is 0 Å². The second-order valence-corrected chi connectivity index (χ2v) is 8.97. The third-order valence-corrected chi connectivity index (χ3v) is 5.78. The summed E-state index contributed by atoms with van der Waals surface area (Å²) in [6.07, 6.45) is 0.269. The number of carboxylic acids is 1. The van der Waals surface area contributed by atoms with Crippen LogP contribution in [0.1, 0.15) is 24.0 Å². The van der Waals surface area contributed by atoms with Crippen molar-refractivity contribution in [2.45, 2.75) is 43.8 Å². The number of nitrogens with one attached hydrogen (secondary N) is 3. The highest BCUT2D eigenvalue weighted by molar-refractivity contribution is 5.93. The van der Waals surface area contributed by atoms with Crippen molar-refractivity contribution in [2.75, 3.05) is 13.1 Å². The van der Waals surface area contributed by atoms with Crippen molar-refractivity contribution in [1.29, 1.82) is 0 Å². The van der Waals surface area contributed by atoms with E-state index >= 15 is 0 Å². The van der Waals surface area contributed by atoms with E-state index in [0.29, 0.717) is 11.1 Å². The van der Waals surface area contributed by atoms with Crippen molar-refractivity contribution in [3.63, 3.8) is 0 Å². The summed E-state index contributed by atoms with van der Waals surface area (Å²) < 4.78 is 0. The first-order valence-corrected chi connectivity index (χ1v) is 12.4. The van der Waals surface area contributed by atoms with Gasteiger partial charge in [-0.25, -0.2) is 4.79 Å². The number of phenolic OH excluding ortho intramolecular Hbond substituents is 2. The van der Waals surface area contributed by atoms with Crippen molar-refractivity contribution in [3.8, 4) is 11.5 Å². The first-order valence-electron chi connectivity index (χ1n) is 12.4. The summed E-state index contributed by atoms with van der Waals surface area (Å²) >= 11 is 0. The van der Waals surface area contributed by atoms with Gasteiger partial charge in [0.15, 0.2) is 5.96 Å². The van der Waals surface area contributed by atoms with Crippen LogP contribution in [0, 0.1) is 0 Å². The summed E-state index contributed by atoms with van der Waals surface area (Å²) in [6.45, 7) is -0.224. The summed E-state index contributed by atoms with van der Waals surface area (Å²) in [5, 5.41) is 36.2. The molecule has 0 aliphatic carbocycles. The molecule has 40 heavy (non-hydrogen) atoms. The lowest BCUT2D eigenvalue weighted by Gasteiger charge is -2.24. The molecule has 0 saturated carbocycles. The summed E-state index contributed by atoms with van der Waals surface area (Å²) in [4.78, 5) is 54.3. The molecule has 3 atom stereocenters. The van der Waals surface area contributed by atoms with Gasteiger partial charge in [0.2, 0.25) is 17.7 Å². The van der Waals surface area contributed by atoms with E-state index < -0.39 is 41.8 Å². The number of aliphatic carboxylic acids is 1. The van der Waals surface area contributed by atoms with Gasteiger partial charge in [-0.2, -0.15) is 0 Å². The molecule has 0 spiro atoms. The number of guanidine groups is 1. The summed E-state index contributed by atoms with van der Waals surface area (Å²) in [6, 6.07) is 8.19. The number of rotatable bonds is 15. The van der Waals surface area contributed by atoms with Crippen molar-refractivity contribution in [3.05, 3.63) is 59.7 Å². The molecule has 3 unspecified atom stereocenters. The molecule has 0 bridgehead atoms. The van der Waals surface area contributed by atoms with E-state index in [4.69, 9.17) is 17.2 Å². The number of aliphatic imine (C=N–C) groups is 1. The molecule has 0 fully saturated rings. The monoisotopic (exact) mass is 557 g/mol. The van der Waals surface area contributed by atoms with Gasteiger partial charge in [0.25, 0.3) is 0 Å². The Balaban J connectivity index is 2.22. The Morgan fingerprint density at radius 1 is 0.750 bits per heavy atom. The number of carbonyl (C=O) groups is 4. The lowest BCUT2D eigenvalue weighted by atomic mass is 10.0. The predicted molar refractivity (Wildman–Crippen MR) is 146 cm³/mol. The van der Waals surface area contributed by atoms with Gasteiger partial charge in [-0.05, 0) is 48.2 Å². The maximum absolute atomic E-state index is 13.3. The quantitative estimate of drug-likeness (QED) is 0.0690. The average molecular weight is 558 g/mol. The number of nitrogens with zero attached hydrogens (tertiary/aromatic N) is 1. The number of benzene rings is 2. The molecule has 14 nitrogen and oxygen atoms in total. The third kappa shape index (κ3) is 10.9. The van der Waals surface area contributed by atoms with Crippen LogP contribution in [-0.4, -0.2) is 76.2 Å². The molecular formula is C26H35N7O7. The Labute approximate surface area is 230 Å². The van der Waals surface area contributed by atoms with Gasteiger partial charge in [-0.15, -0.1) is 0 Å². The predicted octanol–water partition coefficient (Wildman–Crippen LogP) is -1.57. The number of phenols is 2. The van der Waals surface area contributed by atoms with E-state index in [0.717, 1.165) is 0 Å². The highest BCUT2D eigenvalue weighted by Crippen LogP contribution is 2.13. The van der Waals surface area contributed by atoms with Gasteiger partial charge in [-0.1, -0.05) is 24.3 Å². The zero-order chi connectivity index (χ0) is 29.7. The van der Waals surface area contributed by atoms with Crippen LogP contribution < -0.4 is 33.2 Å². The smallest absolute Gasteiger partial charge is 0.326 e. The Morgan fingerprint density at radius 2 is 1.23 bits per heavy atom. The zero-order valence-corrected chi connectivity index (χ0v) is 21.7. The van der Waals surface area contributed by atoms with Crippen LogP contribution >= 0.6 is 0 Å². The Hall–Kier alpha value is -4.85. The molecule has 2 aromatic carbocycles. The molecule has 3 amide bonds. The van der Waals surface area contributed by atoms with Crippen LogP contribution in [0.2, 0.25) is 0 Å². The Morgan fingerprint density at radius 3 is 1.70 bits per heavy atom. The lowest BCUT2D eigenvalue weighted by molar-refractivity contribution is -0.142. The second kappa shape index (κ2) is 15.5. The number of hydrogen-bond acceptors (Lipinski definition) is 8. The van der Waals surface area contributed by atoms with E-state index in [1.54, 1.807) is 12.1 Å². The van der Waals surface area contributed by atoms with E-state index in [1.165, 1.54) is 36.4 Å². The molecule has 2 aromatic rings. The van der Waals surface area contributed by atoms with Gasteiger partial charge in [-0.3, -0.25) is 19.4 Å². The van der Waals surface area contributed by atoms with Crippen molar-refractivity contribution < 1.29 is 34.5 Å². The first-order chi connectivity index (χ1) is 19.0. The van der Waals surface area contributed by atoms with Gasteiger partial charge >= 0.3 is 5.97 Å². The SMILES string of the molecule is NCC(=O)NC(Cc1ccc(O)cc1)C(=O)NC(CCCN=C(N)N)C(=O)NC(Cc1ccc(O)cc1)C(=O)O. The van der Waals surface area contributed by atoms with Crippen molar-refractivity contribution in [2.24, 2.45) is 22.2 Å². The Kier molecular flexibility index (Phi) is 12.2. The van der Waals surface area contributed by atoms with Crippen molar-refractivity contribution >= 4 is 29.7 Å². The number of carboxylic acid groups (broad SMARTS) is 1. The highest BCUT2D eigenvalue weighted by Gasteiger charge is 2.29. The van der Waals surface area contributed by atoms with Crippen LogP contribution in [0.3, 0.4) is 0 Å². The first kappa shape index (κ1) is 31.4. The fourth-order valence-corrected chi connectivity index (χ4v) is 3.72. The highest BCUT2D eigenvalue weighted by atomic mass is 16.4. The molecular weight excluding hydrogens is 522 g/mol. The summed E-state index contributed by atoms with van der Waals surface area (Å²) in [5.41, 5.74) is 17.3. The summed E-state index contributed by atoms with van der Waals surface area (Å²) in [5.74, 6) is -3.50. The van der Waals surface area contributed by atoms with E-state index in [2.05, 4.69) is 20.9 Å². The molecule has 216 valence electrons. The molecule has 0 aliphatic rings. The maximum atomic E-state index is 13.3. The van der Waals surface area contributed by atoms with E-state index in [1.807, 2.05) is 0 Å². The zero-order valence-electron chi connectivity index (χ0n) is 21.7. The van der Waals surface area contributed by atoms with Crippen LogP contribution in [0.15, 0.2) is 53.5 Å². The second-order valence-electron chi connectivity index (χ2n) is 8.97. The fraction of sp³-hybridized carbons (Fsp3) is 0.346. The van der Waals surface area contributed by atoms with Gasteiger partial charge in [0, 0.05) is 19.4 Å². The largest absolute Gasteiger partial charge is 0.508 e. The van der Waals surface area contributed by atoms with Crippen LogP contribution in [0.5, 0.6) is 11.5 Å². The minimum atomic E-state index is -1.33. The normalized spacial score (nSPS) is 12.8. The standard InChI is InChI=1S/C26H35N7O7/c27-14-22(36)31-20(12-15-3-7-17(34)8-4-15)24(38)32-19(2-1-11-30-26(28)29)23(37)33-21(25(39)40)13-16-5-9-18(35)10-6-16/h3-10,19-21,34-35H,1-2,11-14,27H2,(H,31,36)(H,32,38)(H,33,37)(H,39,40)(H4,28,29,30). The molecule has 0 heterocycles. The van der Waals surface area contributed by atoms with E-state index in [-0.39, 0.29) is 56.2 Å². The topological polar surface area (TPSA) is 255 Å². The molecule has 0 radical (unpaired) electrons. The number of amides is 3. The molecule has 0 saturated heterocycles. The van der Waals surface area contributed by atoms with Crippen LogP contribution in [0.4, 0.5) is 0 Å². The molecule has 0 aromatic heterocycles. The molecule has 14 heteroatoms. The lowest BCUT2D eigenvalue weighted by Crippen LogP contribution is -2.57.